The maximum absolute atomic E-state index is 12.0. The number of esters is 1. The number of carbonyl (C=O) groups excluding carboxylic acids is 2. The van der Waals surface area contributed by atoms with Crippen molar-refractivity contribution in [1.29, 1.82) is 0 Å². The summed E-state index contributed by atoms with van der Waals surface area (Å²) in [5.74, 6) is -0.668. The van der Waals surface area contributed by atoms with Crippen LogP contribution in [0.5, 0.6) is 5.75 Å². The Balaban J connectivity index is 1.80. The molecule has 0 atom stereocenters. The SMILES string of the molecule is Cc1cc(Br)c(O)c(C(=O)OCC(=O)NCC2CCCCC2)c1. The number of benzene rings is 1. The molecule has 6 heteroatoms. The van der Waals surface area contributed by atoms with Gasteiger partial charge in [0.25, 0.3) is 5.91 Å². The normalized spacial score (nSPS) is 15.2. The molecule has 2 rings (SSSR count). The van der Waals surface area contributed by atoms with E-state index in [-0.39, 0.29) is 23.8 Å². The summed E-state index contributed by atoms with van der Waals surface area (Å²) in [7, 11) is 0. The number of nitrogens with one attached hydrogen (secondary N) is 1. The van der Waals surface area contributed by atoms with Crippen LogP contribution in [0.4, 0.5) is 0 Å². The summed E-state index contributed by atoms with van der Waals surface area (Å²) >= 11 is 3.18. The van der Waals surface area contributed by atoms with Crippen molar-refractivity contribution in [2.45, 2.75) is 39.0 Å². The minimum absolute atomic E-state index is 0.0527. The van der Waals surface area contributed by atoms with Crippen molar-refractivity contribution in [1.82, 2.24) is 5.32 Å². The first-order valence-corrected chi connectivity index (χ1v) is 8.69. The van der Waals surface area contributed by atoms with Gasteiger partial charge in [-0.05, 0) is 59.3 Å². The number of aryl methyl sites for hydroxylation is 1. The lowest BCUT2D eigenvalue weighted by molar-refractivity contribution is -0.124. The maximum Gasteiger partial charge on any atom is 0.342 e. The van der Waals surface area contributed by atoms with E-state index >= 15 is 0 Å². The van der Waals surface area contributed by atoms with Crippen LogP contribution < -0.4 is 5.32 Å². The summed E-state index contributed by atoms with van der Waals surface area (Å²) in [6.07, 6.45) is 6.00. The molecule has 1 saturated carbocycles. The zero-order valence-corrected chi connectivity index (χ0v) is 14.8. The standard InChI is InChI=1S/C17H22BrNO4/c1-11-7-13(16(21)14(18)8-11)17(22)23-10-15(20)19-9-12-5-3-2-4-6-12/h7-8,12,21H,2-6,9-10H2,1H3,(H,19,20). The third kappa shape index (κ3) is 5.23. The number of phenols is 1. The van der Waals surface area contributed by atoms with Gasteiger partial charge in [-0.3, -0.25) is 4.79 Å². The largest absolute Gasteiger partial charge is 0.506 e. The molecule has 1 aliphatic carbocycles. The van der Waals surface area contributed by atoms with E-state index in [1.54, 1.807) is 13.0 Å². The molecule has 1 aliphatic rings. The molecule has 23 heavy (non-hydrogen) atoms. The van der Waals surface area contributed by atoms with Crippen LogP contribution in [0.25, 0.3) is 0 Å². The molecule has 2 N–H and O–H groups in total. The molecule has 0 bridgehead atoms. The second-order valence-corrected chi connectivity index (χ2v) is 6.88. The summed E-state index contributed by atoms with van der Waals surface area (Å²) in [5, 5.41) is 12.7. The third-order valence-corrected chi connectivity index (χ3v) is 4.68. The number of aromatic hydroxyl groups is 1. The molecule has 0 saturated heterocycles. The highest BCUT2D eigenvalue weighted by Gasteiger charge is 2.18. The number of halogens is 1. The van der Waals surface area contributed by atoms with E-state index in [0.717, 1.165) is 18.4 Å². The van der Waals surface area contributed by atoms with E-state index in [0.29, 0.717) is 16.9 Å². The van der Waals surface area contributed by atoms with Crippen molar-refractivity contribution in [3.8, 4) is 5.75 Å². The third-order valence-electron chi connectivity index (χ3n) is 4.07. The number of phenolic OH excluding ortho intramolecular Hbond substituents is 1. The van der Waals surface area contributed by atoms with E-state index in [1.807, 2.05) is 0 Å². The molecule has 1 aromatic carbocycles. The fourth-order valence-electron chi connectivity index (χ4n) is 2.80. The predicted molar refractivity (Wildman–Crippen MR) is 90.4 cm³/mol. The summed E-state index contributed by atoms with van der Waals surface area (Å²) in [6.45, 7) is 2.10. The molecule has 1 amide bonds. The molecule has 0 aromatic heterocycles. The van der Waals surface area contributed by atoms with Crippen molar-refractivity contribution >= 4 is 27.8 Å². The average molecular weight is 384 g/mol. The first-order valence-electron chi connectivity index (χ1n) is 7.90. The van der Waals surface area contributed by atoms with E-state index in [4.69, 9.17) is 4.74 Å². The highest BCUT2D eigenvalue weighted by Crippen LogP contribution is 2.29. The van der Waals surface area contributed by atoms with Gasteiger partial charge in [-0.25, -0.2) is 4.79 Å². The minimum atomic E-state index is -0.709. The van der Waals surface area contributed by atoms with Gasteiger partial charge in [0.15, 0.2) is 6.61 Å². The van der Waals surface area contributed by atoms with Crippen LogP contribution in [0, 0.1) is 12.8 Å². The van der Waals surface area contributed by atoms with Crippen LogP contribution in [0.2, 0.25) is 0 Å². The zero-order chi connectivity index (χ0) is 16.8. The Morgan fingerprint density at radius 3 is 2.70 bits per heavy atom. The topological polar surface area (TPSA) is 75.6 Å². The number of hydrogen-bond acceptors (Lipinski definition) is 4. The lowest BCUT2D eigenvalue weighted by Gasteiger charge is -2.21. The van der Waals surface area contributed by atoms with E-state index in [9.17, 15) is 14.7 Å². The van der Waals surface area contributed by atoms with Crippen molar-refractivity contribution < 1.29 is 19.4 Å². The van der Waals surface area contributed by atoms with Gasteiger partial charge in [-0.2, -0.15) is 0 Å². The Hall–Kier alpha value is -1.56. The highest BCUT2D eigenvalue weighted by atomic mass is 79.9. The van der Waals surface area contributed by atoms with Crippen LogP contribution in [-0.2, 0) is 9.53 Å². The highest BCUT2D eigenvalue weighted by molar-refractivity contribution is 9.10. The van der Waals surface area contributed by atoms with Gasteiger partial charge in [0.2, 0.25) is 0 Å². The molecular formula is C17H22BrNO4. The van der Waals surface area contributed by atoms with Crippen molar-refractivity contribution in [2.24, 2.45) is 5.92 Å². The van der Waals surface area contributed by atoms with E-state index < -0.39 is 5.97 Å². The van der Waals surface area contributed by atoms with Crippen LogP contribution in [0.15, 0.2) is 16.6 Å². The molecule has 0 radical (unpaired) electrons. The van der Waals surface area contributed by atoms with Crippen molar-refractivity contribution in [3.63, 3.8) is 0 Å². The monoisotopic (exact) mass is 383 g/mol. The average Bonchev–Trinajstić information content (AvgIpc) is 2.55. The van der Waals surface area contributed by atoms with Gasteiger partial charge in [0, 0.05) is 6.54 Å². The molecule has 0 unspecified atom stereocenters. The van der Waals surface area contributed by atoms with Crippen LogP contribution >= 0.6 is 15.9 Å². The molecule has 1 aromatic rings. The number of hydrogen-bond donors (Lipinski definition) is 2. The second-order valence-electron chi connectivity index (χ2n) is 6.03. The second kappa shape index (κ2) is 8.34. The van der Waals surface area contributed by atoms with Crippen molar-refractivity contribution in [2.75, 3.05) is 13.2 Å². The van der Waals surface area contributed by atoms with Crippen LogP contribution in [0.1, 0.15) is 48.0 Å². The molecule has 0 aliphatic heterocycles. The van der Waals surface area contributed by atoms with Crippen molar-refractivity contribution in [3.05, 3.63) is 27.7 Å². The Labute approximate surface area is 144 Å². The number of ether oxygens (including phenoxy) is 1. The van der Waals surface area contributed by atoms with Gasteiger partial charge in [0.05, 0.1) is 4.47 Å². The van der Waals surface area contributed by atoms with Gasteiger partial charge < -0.3 is 15.2 Å². The smallest absolute Gasteiger partial charge is 0.342 e. The summed E-state index contributed by atoms with van der Waals surface area (Å²) in [4.78, 5) is 23.8. The molecule has 1 fully saturated rings. The first-order chi connectivity index (χ1) is 11.0. The lowest BCUT2D eigenvalue weighted by atomic mass is 9.89. The Morgan fingerprint density at radius 2 is 2.00 bits per heavy atom. The van der Waals surface area contributed by atoms with E-state index in [2.05, 4.69) is 21.2 Å². The minimum Gasteiger partial charge on any atom is -0.506 e. The quantitative estimate of drug-likeness (QED) is 0.764. The fraction of sp³-hybridized carbons (Fsp3) is 0.529. The fourth-order valence-corrected chi connectivity index (χ4v) is 3.37. The maximum atomic E-state index is 12.0. The molecule has 5 nitrogen and oxygen atoms in total. The number of rotatable bonds is 5. The summed E-state index contributed by atoms with van der Waals surface area (Å²) < 4.78 is 5.41. The van der Waals surface area contributed by atoms with Gasteiger partial charge in [-0.1, -0.05) is 19.3 Å². The first kappa shape index (κ1) is 17.8. The summed E-state index contributed by atoms with van der Waals surface area (Å²) in [6, 6.07) is 3.23. The molecule has 0 heterocycles. The zero-order valence-electron chi connectivity index (χ0n) is 13.2. The molecule has 126 valence electrons. The molecular weight excluding hydrogens is 362 g/mol. The van der Waals surface area contributed by atoms with Crippen LogP contribution in [0.3, 0.4) is 0 Å². The Kier molecular flexibility index (Phi) is 6.45. The number of carbonyl (C=O) groups is 2. The number of amides is 1. The van der Waals surface area contributed by atoms with E-state index in [1.165, 1.54) is 25.3 Å². The van der Waals surface area contributed by atoms with Gasteiger partial charge in [-0.15, -0.1) is 0 Å². The molecule has 0 spiro atoms. The van der Waals surface area contributed by atoms with Gasteiger partial charge in [0.1, 0.15) is 11.3 Å². The summed E-state index contributed by atoms with van der Waals surface area (Å²) in [5.41, 5.74) is 0.861. The van der Waals surface area contributed by atoms with Gasteiger partial charge >= 0.3 is 5.97 Å². The lowest BCUT2D eigenvalue weighted by Crippen LogP contribution is -2.33. The predicted octanol–water partition coefficient (Wildman–Crippen LogP) is 3.32. The Morgan fingerprint density at radius 1 is 1.30 bits per heavy atom. The van der Waals surface area contributed by atoms with Crippen LogP contribution in [-0.4, -0.2) is 30.1 Å². The Bertz CT molecular complexity index is 582.